The van der Waals surface area contributed by atoms with Gasteiger partial charge < -0.3 is 10.1 Å². The lowest BCUT2D eigenvalue weighted by Gasteiger charge is -2.16. The second kappa shape index (κ2) is 5.54. The van der Waals surface area contributed by atoms with Gasteiger partial charge in [0.1, 0.15) is 0 Å². The van der Waals surface area contributed by atoms with Gasteiger partial charge in [-0.15, -0.1) is 13.2 Å². The molecule has 0 aromatic carbocycles. The van der Waals surface area contributed by atoms with Gasteiger partial charge in [0.05, 0.1) is 13.7 Å². The minimum absolute atomic E-state index is 0.656. The summed E-state index contributed by atoms with van der Waals surface area (Å²) in [5.74, 6) is -1.66. The van der Waals surface area contributed by atoms with Crippen LogP contribution < -0.4 is 5.32 Å². The third-order valence-corrected chi connectivity index (χ3v) is 1.28. The van der Waals surface area contributed by atoms with Crippen molar-refractivity contribution in [3.63, 3.8) is 0 Å². The molecule has 1 amide bonds. The van der Waals surface area contributed by atoms with Gasteiger partial charge >= 0.3 is 12.3 Å². The lowest BCUT2D eigenvalue weighted by Crippen LogP contribution is -2.44. The molecule has 8 heteroatoms. The van der Waals surface area contributed by atoms with Gasteiger partial charge in [0.2, 0.25) is 5.91 Å². The molecule has 0 aliphatic carbocycles. The number of hydrogen-bond acceptors (Lipinski definition) is 4. The molecule has 0 saturated heterocycles. The molecule has 0 aromatic rings. The van der Waals surface area contributed by atoms with Crippen molar-refractivity contribution >= 4 is 11.9 Å². The normalized spacial score (nSPS) is 13.1. The fraction of sp³-hybridized carbons (Fsp3) is 0.714. The van der Waals surface area contributed by atoms with Crippen LogP contribution in [-0.4, -0.2) is 38.0 Å². The van der Waals surface area contributed by atoms with E-state index in [1.807, 2.05) is 5.32 Å². The quantitative estimate of drug-likeness (QED) is 0.699. The number of halogens is 3. The molecule has 0 heterocycles. The molecule has 88 valence electrons. The van der Waals surface area contributed by atoms with E-state index in [1.54, 1.807) is 0 Å². The summed E-state index contributed by atoms with van der Waals surface area (Å²) in [4.78, 5) is 21.4. The van der Waals surface area contributed by atoms with Gasteiger partial charge in [-0.05, 0) is 0 Å². The van der Waals surface area contributed by atoms with Crippen molar-refractivity contribution in [3.8, 4) is 0 Å². The Morgan fingerprint density at radius 1 is 1.40 bits per heavy atom. The van der Waals surface area contributed by atoms with Crippen molar-refractivity contribution in [2.45, 2.75) is 19.3 Å². The van der Waals surface area contributed by atoms with E-state index in [9.17, 15) is 22.8 Å². The van der Waals surface area contributed by atoms with E-state index >= 15 is 0 Å². The molecule has 0 aromatic heterocycles. The number of rotatable bonds is 4. The van der Waals surface area contributed by atoms with E-state index < -0.39 is 30.9 Å². The van der Waals surface area contributed by atoms with Crippen LogP contribution in [0, 0.1) is 0 Å². The highest BCUT2D eigenvalue weighted by atomic mass is 19.4. The first-order valence-corrected chi connectivity index (χ1v) is 3.82. The van der Waals surface area contributed by atoms with Crippen LogP contribution in [-0.2, 0) is 19.1 Å². The summed E-state index contributed by atoms with van der Waals surface area (Å²) in [6.07, 6.45) is -4.86. The molecule has 1 unspecified atom stereocenters. The van der Waals surface area contributed by atoms with Crippen molar-refractivity contribution in [2.24, 2.45) is 0 Å². The van der Waals surface area contributed by atoms with Crippen molar-refractivity contribution in [1.82, 2.24) is 5.32 Å². The number of esters is 1. The number of ether oxygens (including phenoxy) is 2. The van der Waals surface area contributed by atoms with E-state index in [4.69, 9.17) is 0 Å². The Morgan fingerprint density at radius 2 is 1.93 bits per heavy atom. The molecular formula is C7H10F3NO4. The zero-order chi connectivity index (χ0) is 12.1. The predicted octanol–water partition coefficient (Wildman–Crippen LogP) is 0.200. The van der Waals surface area contributed by atoms with Gasteiger partial charge in [-0.25, -0.2) is 4.79 Å². The number of hydrogen-bond donors (Lipinski definition) is 1. The van der Waals surface area contributed by atoms with Crippen molar-refractivity contribution in [2.75, 3.05) is 13.7 Å². The Morgan fingerprint density at radius 3 is 2.27 bits per heavy atom. The number of amides is 1. The molecule has 0 radical (unpaired) electrons. The fourth-order valence-corrected chi connectivity index (χ4v) is 0.734. The monoisotopic (exact) mass is 229 g/mol. The number of nitrogens with one attached hydrogen (secondary N) is 1. The zero-order valence-electron chi connectivity index (χ0n) is 8.05. The smallest absolute Gasteiger partial charge is 0.467 e. The number of carbonyl (C=O) groups excluding carboxylic acids is 2. The molecule has 0 spiro atoms. The molecule has 1 atom stereocenters. The molecule has 0 aliphatic rings. The summed E-state index contributed by atoms with van der Waals surface area (Å²) in [5, 5.41) is 1.96. The minimum atomic E-state index is -4.86. The molecule has 15 heavy (non-hydrogen) atoms. The molecule has 0 bridgehead atoms. The molecule has 0 rings (SSSR count). The van der Waals surface area contributed by atoms with Gasteiger partial charge in [-0.1, -0.05) is 0 Å². The summed E-state index contributed by atoms with van der Waals surface area (Å²) >= 11 is 0. The maximum atomic E-state index is 11.6. The van der Waals surface area contributed by atoms with Gasteiger partial charge in [-0.2, -0.15) is 0 Å². The number of methoxy groups -OCH3 is 1. The largest absolute Gasteiger partial charge is 0.522 e. The van der Waals surface area contributed by atoms with Crippen LogP contribution in [0.25, 0.3) is 0 Å². The summed E-state index contributed by atoms with van der Waals surface area (Å²) in [5.41, 5.74) is 0. The fourth-order valence-electron chi connectivity index (χ4n) is 0.734. The highest BCUT2D eigenvalue weighted by molar-refractivity contribution is 5.83. The van der Waals surface area contributed by atoms with Crippen molar-refractivity contribution < 1.29 is 32.2 Å². The molecule has 0 fully saturated rings. The topological polar surface area (TPSA) is 64.6 Å². The average Bonchev–Trinajstić information content (AvgIpc) is 2.09. The summed E-state index contributed by atoms with van der Waals surface area (Å²) in [6, 6.07) is -1.46. The van der Waals surface area contributed by atoms with Crippen LogP contribution in [0.4, 0.5) is 13.2 Å². The standard InChI is InChI=1S/C7H10F3NO4/c1-4(12)11-5(6(13)14-2)3-15-7(8,9)10/h5H,3H2,1-2H3,(H,11,12). The highest BCUT2D eigenvalue weighted by Crippen LogP contribution is 2.16. The maximum Gasteiger partial charge on any atom is 0.522 e. The van der Waals surface area contributed by atoms with E-state index in [2.05, 4.69) is 9.47 Å². The molecule has 0 saturated carbocycles. The lowest BCUT2D eigenvalue weighted by molar-refractivity contribution is -0.325. The van der Waals surface area contributed by atoms with Crippen LogP contribution in [0.1, 0.15) is 6.92 Å². The van der Waals surface area contributed by atoms with Gasteiger partial charge in [0, 0.05) is 6.92 Å². The van der Waals surface area contributed by atoms with Crippen LogP contribution in [0.3, 0.4) is 0 Å². The Hall–Kier alpha value is -1.31. The minimum Gasteiger partial charge on any atom is -0.467 e. The second-order valence-corrected chi connectivity index (χ2v) is 2.53. The molecule has 0 aliphatic heterocycles. The molecular weight excluding hydrogens is 219 g/mol. The first-order chi connectivity index (χ1) is 6.76. The van der Waals surface area contributed by atoms with Gasteiger partial charge in [0.25, 0.3) is 0 Å². The van der Waals surface area contributed by atoms with Crippen LogP contribution >= 0.6 is 0 Å². The van der Waals surface area contributed by atoms with E-state index in [0.717, 1.165) is 14.0 Å². The van der Waals surface area contributed by atoms with Gasteiger partial charge in [0.15, 0.2) is 6.04 Å². The third-order valence-electron chi connectivity index (χ3n) is 1.28. The van der Waals surface area contributed by atoms with E-state index in [1.165, 1.54) is 0 Å². The molecule has 5 nitrogen and oxygen atoms in total. The first kappa shape index (κ1) is 13.7. The lowest BCUT2D eigenvalue weighted by atomic mass is 10.3. The number of alkyl halides is 3. The zero-order valence-corrected chi connectivity index (χ0v) is 8.05. The van der Waals surface area contributed by atoms with Crippen LogP contribution in [0.5, 0.6) is 0 Å². The summed E-state index contributed by atoms with van der Waals surface area (Å²) < 4.78 is 42.5. The predicted molar refractivity (Wildman–Crippen MR) is 41.6 cm³/mol. The first-order valence-electron chi connectivity index (χ1n) is 3.82. The number of carbonyl (C=O) groups is 2. The van der Waals surface area contributed by atoms with E-state index in [-0.39, 0.29) is 0 Å². The summed E-state index contributed by atoms with van der Waals surface area (Å²) in [7, 11) is 0.991. The van der Waals surface area contributed by atoms with Gasteiger partial charge in [-0.3, -0.25) is 9.53 Å². The van der Waals surface area contributed by atoms with Crippen LogP contribution in [0.15, 0.2) is 0 Å². The Bertz CT molecular complexity index is 241. The van der Waals surface area contributed by atoms with Crippen molar-refractivity contribution in [1.29, 1.82) is 0 Å². The Balaban J connectivity index is 4.25. The maximum absolute atomic E-state index is 11.6. The van der Waals surface area contributed by atoms with Crippen LogP contribution in [0.2, 0.25) is 0 Å². The summed E-state index contributed by atoms with van der Waals surface area (Å²) in [6.45, 7) is 0.0410. The second-order valence-electron chi connectivity index (χ2n) is 2.53. The molecule has 1 N–H and O–H groups in total. The van der Waals surface area contributed by atoms with Crippen molar-refractivity contribution in [3.05, 3.63) is 0 Å². The Labute approximate surface area is 83.5 Å². The highest BCUT2D eigenvalue weighted by Gasteiger charge is 2.32. The average molecular weight is 229 g/mol. The third kappa shape index (κ3) is 6.72. The SMILES string of the molecule is COC(=O)C(COC(F)(F)F)NC(C)=O. The Kier molecular flexibility index (Phi) is 5.06. The van der Waals surface area contributed by atoms with E-state index in [0.29, 0.717) is 0 Å².